The van der Waals surface area contributed by atoms with Gasteiger partial charge in [0.05, 0.1) is 0 Å². The Morgan fingerprint density at radius 2 is 2.06 bits per heavy atom. The summed E-state index contributed by atoms with van der Waals surface area (Å²) < 4.78 is 10.8. The van der Waals surface area contributed by atoms with Crippen LogP contribution in [0.4, 0.5) is 0 Å². The zero-order chi connectivity index (χ0) is 11.8. The first-order valence-corrected chi connectivity index (χ1v) is 5.58. The van der Waals surface area contributed by atoms with Crippen LogP contribution >= 0.6 is 0 Å². The minimum atomic E-state index is -0.506. The van der Waals surface area contributed by atoms with Crippen LogP contribution in [-0.4, -0.2) is 12.3 Å². The van der Waals surface area contributed by atoms with Crippen molar-refractivity contribution in [1.82, 2.24) is 0 Å². The molecule has 1 aliphatic rings. The zero-order valence-electron chi connectivity index (χ0n) is 9.47. The van der Waals surface area contributed by atoms with Gasteiger partial charge < -0.3 is 9.47 Å². The molecule has 0 bridgehead atoms. The molecule has 17 heavy (non-hydrogen) atoms. The molecule has 1 atom stereocenters. The van der Waals surface area contributed by atoms with Gasteiger partial charge in [0, 0.05) is 18.7 Å². The Kier molecular flexibility index (Phi) is 2.25. The van der Waals surface area contributed by atoms with Gasteiger partial charge in [-0.2, -0.15) is 0 Å². The molecular formula is C14H12O3. The third kappa shape index (κ3) is 1.73. The monoisotopic (exact) mass is 228 g/mol. The van der Waals surface area contributed by atoms with Gasteiger partial charge in [0.1, 0.15) is 5.75 Å². The van der Waals surface area contributed by atoms with Crippen LogP contribution in [0.3, 0.4) is 0 Å². The second-order valence-electron chi connectivity index (χ2n) is 4.13. The van der Waals surface area contributed by atoms with E-state index in [2.05, 4.69) is 12.1 Å². The maximum absolute atomic E-state index is 11.0. The van der Waals surface area contributed by atoms with Gasteiger partial charge in [-0.25, -0.2) is 0 Å². The molecule has 0 radical (unpaired) electrons. The molecule has 0 N–H and O–H groups in total. The van der Waals surface area contributed by atoms with Crippen LogP contribution in [0.15, 0.2) is 36.4 Å². The standard InChI is InChI=1S/C14H12O3/c1-9(15)16-13-8-11-6-2-4-10-5-3-7-12(17-13)14(10)11/h2-7,13H,8H2,1H3. The molecular weight excluding hydrogens is 216 g/mol. The van der Waals surface area contributed by atoms with Gasteiger partial charge in [0.25, 0.3) is 0 Å². The Morgan fingerprint density at radius 1 is 1.29 bits per heavy atom. The number of hydrogen-bond acceptors (Lipinski definition) is 3. The summed E-state index contributed by atoms with van der Waals surface area (Å²) in [6.45, 7) is 1.39. The Bertz CT molecular complexity index is 548. The average molecular weight is 228 g/mol. The van der Waals surface area contributed by atoms with E-state index in [1.165, 1.54) is 6.92 Å². The molecule has 0 amide bonds. The summed E-state index contributed by atoms with van der Waals surface area (Å²) in [7, 11) is 0. The molecule has 0 aliphatic carbocycles. The van der Waals surface area contributed by atoms with Gasteiger partial charge in [-0.15, -0.1) is 0 Å². The van der Waals surface area contributed by atoms with Gasteiger partial charge in [0.15, 0.2) is 0 Å². The average Bonchev–Trinajstić information content (AvgIpc) is 2.28. The molecule has 1 heterocycles. The van der Waals surface area contributed by atoms with Crippen molar-refractivity contribution < 1.29 is 14.3 Å². The Labute approximate surface area is 99.0 Å². The molecule has 2 aromatic carbocycles. The molecule has 3 rings (SSSR count). The number of rotatable bonds is 1. The Morgan fingerprint density at radius 3 is 2.82 bits per heavy atom. The van der Waals surface area contributed by atoms with E-state index in [1.54, 1.807) is 0 Å². The highest BCUT2D eigenvalue weighted by atomic mass is 16.7. The van der Waals surface area contributed by atoms with E-state index in [0.717, 1.165) is 22.1 Å². The first kappa shape index (κ1) is 10.1. The van der Waals surface area contributed by atoms with Crippen LogP contribution < -0.4 is 4.74 Å². The summed E-state index contributed by atoms with van der Waals surface area (Å²) in [5.41, 5.74) is 1.16. The minimum Gasteiger partial charge on any atom is -0.454 e. The maximum atomic E-state index is 11.0. The summed E-state index contributed by atoms with van der Waals surface area (Å²) in [6.07, 6.45) is 0.0986. The fraction of sp³-hybridized carbons (Fsp3) is 0.214. The van der Waals surface area contributed by atoms with Crippen LogP contribution in [0.25, 0.3) is 10.8 Å². The summed E-state index contributed by atoms with van der Waals surface area (Å²) in [5, 5.41) is 2.28. The summed E-state index contributed by atoms with van der Waals surface area (Å²) in [6, 6.07) is 12.0. The molecule has 0 aromatic heterocycles. The van der Waals surface area contributed by atoms with E-state index < -0.39 is 6.29 Å². The smallest absolute Gasteiger partial charge is 0.305 e. The molecule has 1 aliphatic heterocycles. The number of carbonyl (C=O) groups excluding carboxylic acids is 1. The predicted molar refractivity (Wildman–Crippen MR) is 63.8 cm³/mol. The highest BCUT2D eigenvalue weighted by Gasteiger charge is 2.23. The van der Waals surface area contributed by atoms with Crippen LogP contribution in [0.5, 0.6) is 5.75 Å². The van der Waals surface area contributed by atoms with Gasteiger partial charge in [-0.3, -0.25) is 4.79 Å². The van der Waals surface area contributed by atoms with Crippen LogP contribution in [-0.2, 0) is 16.0 Å². The second kappa shape index (κ2) is 3.77. The number of ether oxygens (including phenoxy) is 2. The molecule has 2 aromatic rings. The lowest BCUT2D eigenvalue weighted by molar-refractivity contribution is -0.160. The Balaban J connectivity index is 2.07. The first-order chi connectivity index (χ1) is 8.24. The van der Waals surface area contributed by atoms with Crippen molar-refractivity contribution in [2.45, 2.75) is 19.6 Å². The van der Waals surface area contributed by atoms with Gasteiger partial charge in [-0.05, 0) is 17.0 Å². The maximum Gasteiger partial charge on any atom is 0.305 e. The summed E-state index contributed by atoms with van der Waals surface area (Å²) in [5.74, 6) is 0.470. The van der Waals surface area contributed by atoms with E-state index in [-0.39, 0.29) is 5.97 Å². The lowest BCUT2D eigenvalue weighted by atomic mass is 9.99. The molecule has 0 spiro atoms. The van der Waals surface area contributed by atoms with Crippen molar-refractivity contribution >= 4 is 16.7 Å². The van der Waals surface area contributed by atoms with E-state index in [9.17, 15) is 4.79 Å². The van der Waals surface area contributed by atoms with Crippen LogP contribution in [0, 0.1) is 0 Å². The fourth-order valence-corrected chi connectivity index (χ4v) is 2.26. The summed E-state index contributed by atoms with van der Waals surface area (Å²) in [4.78, 5) is 11.0. The van der Waals surface area contributed by atoms with Crippen molar-refractivity contribution in [2.24, 2.45) is 0 Å². The largest absolute Gasteiger partial charge is 0.454 e. The minimum absolute atomic E-state index is 0.318. The van der Waals surface area contributed by atoms with Gasteiger partial charge in [-0.1, -0.05) is 30.3 Å². The first-order valence-electron chi connectivity index (χ1n) is 5.58. The van der Waals surface area contributed by atoms with E-state index in [4.69, 9.17) is 9.47 Å². The fourth-order valence-electron chi connectivity index (χ4n) is 2.26. The number of benzene rings is 2. The molecule has 1 unspecified atom stereocenters. The third-order valence-corrected chi connectivity index (χ3v) is 2.90. The summed E-state index contributed by atoms with van der Waals surface area (Å²) >= 11 is 0. The Hall–Kier alpha value is -2.03. The van der Waals surface area contributed by atoms with Crippen molar-refractivity contribution in [1.29, 1.82) is 0 Å². The predicted octanol–water partition coefficient (Wildman–Crippen LogP) is 2.66. The van der Waals surface area contributed by atoms with Crippen LogP contribution in [0.2, 0.25) is 0 Å². The third-order valence-electron chi connectivity index (χ3n) is 2.90. The highest BCUT2D eigenvalue weighted by molar-refractivity contribution is 5.92. The van der Waals surface area contributed by atoms with E-state index in [0.29, 0.717) is 6.42 Å². The van der Waals surface area contributed by atoms with Gasteiger partial charge >= 0.3 is 5.97 Å². The number of esters is 1. The quantitative estimate of drug-likeness (QED) is 0.704. The normalized spacial score (nSPS) is 17.6. The highest BCUT2D eigenvalue weighted by Crippen LogP contribution is 2.34. The molecule has 3 heteroatoms. The van der Waals surface area contributed by atoms with Crippen molar-refractivity contribution in [3.05, 3.63) is 42.0 Å². The zero-order valence-corrected chi connectivity index (χ0v) is 9.47. The molecule has 0 saturated carbocycles. The van der Waals surface area contributed by atoms with Crippen molar-refractivity contribution in [2.75, 3.05) is 0 Å². The molecule has 86 valence electrons. The lowest BCUT2D eigenvalue weighted by Crippen LogP contribution is -2.28. The molecule has 0 saturated heterocycles. The van der Waals surface area contributed by atoms with Gasteiger partial charge in [0.2, 0.25) is 6.29 Å². The topological polar surface area (TPSA) is 35.5 Å². The van der Waals surface area contributed by atoms with Crippen molar-refractivity contribution in [3.63, 3.8) is 0 Å². The van der Waals surface area contributed by atoms with E-state index >= 15 is 0 Å². The van der Waals surface area contributed by atoms with E-state index in [1.807, 2.05) is 24.3 Å². The van der Waals surface area contributed by atoms with Crippen LogP contribution in [0.1, 0.15) is 12.5 Å². The number of carbonyl (C=O) groups is 1. The second-order valence-corrected chi connectivity index (χ2v) is 4.13. The lowest BCUT2D eigenvalue weighted by Gasteiger charge is -2.25. The molecule has 3 nitrogen and oxygen atoms in total. The SMILES string of the molecule is CC(=O)OC1Cc2cccc3cccc(c23)O1. The molecule has 0 fully saturated rings. The van der Waals surface area contributed by atoms with Crippen molar-refractivity contribution in [3.8, 4) is 5.75 Å². The number of hydrogen-bond donors (Lipinski definition) is 0.